The van der Waals surface area contributed by atoms with Crippen molar-refractivity contribution in [2.75, 3.05) is 19.7 Å². The van der Waals surface area contributed by atoms with Gasteiger partial charge in [0.1, 0.15) is 5.75 Å². The van der Waals surface area contributed by atoms with Crippen LogP contribution in [0.3, 0.4) is 0 Å². The smallest absolute Gasteiger partial charge is 0.253 e. The molecule has 2 aromatic carbocycles. The van der Waals surface area contributed by atoms with Crippen LogP contribution in [-0.4, -0.2) is 47.4 Å². The summed E-state index contributed by atoms with van der Waals surface area (Å²) in [5.74, 6) is 1.23. The number of aromatic nitrogens is 1. The highest BCUT2D eigenvalue weighted by molar-refractivity contribution is 6.06. The van der Waals surface area contributed by atoms with E-state index in [1.165, 1.54) is 0 Å². The zero-order valence-electron chi connectivity index (χ0n) is 18.9. The number of para-hydroxylation sites is 1. The quantitative estimate of drug-likeness (QED) is 0.607. The third-order valence-corrected chi connectivity index (χ3v) is 6.51. The summed E-state index contributed by atoms with van der Waals surface area (Å²) in [7, 11) is 0. The Balaban J connectivity index is 1.22. The molecule has 0 radical (unpaired) electrons. The SMILES string of the molecule is CCOc1ccc(C(=O)N2CCC(NC(=O)c3cc(C4CC4)nc4ccccc34)CC2)cc1. The molecule has 2 amide bonds. The first-order valence-electron chi connectivity index (χ1n) is 11.8. The van der Waals surface area contributed by atoms with Crippen LogP contribution in [0, 0.1) is 0 Å². The fourth-order valence-corrected chi connectivity index (χ4v) is 4.51. The van der Waals surface area contributed by atoms with E-state index in [2.05, 4.69) is 5.32 Å². The molecule has 2 heterocycles. The molecule has 1 aromatic heterocycles. The highest BCUT2D eigenvalue weighted by Gasteiger charge is 2.28. The minimum absolute atomic E-state index is 0.0250. The largest absolute Gasteiger partial charge is 0.494 e. The minimum atomic E-state index is -0.0493. The lowest BCUT2D eigenvalue weighted by Gasteiger charge is -2.32. The summed E-state index contributed by atoms with van der Waals surface area (Å²) >= 11 is 0. The van der Waals surface area contributed by atoms with E-state index in [0.717, 1.165) is 48.0 Å². The summed E-state index contributed by atoms with van der Waals surface area (Å²) in [6, 6.07) is 17.2. The average molecular weight is 444 g/mol. The molecule has 2 fully saturated rings. The van der Waals surface area contributed by atoms with Gasteiger partial charge in [0.25, 0.3) is 11.8 Å². The second-order valence-electron chi connectivity index (χ2n) is 8.88. The number of hydrogen-bond donors (Lipinski definition) is 1. The van der Waals surface area contributed by atoms with Crippen molar-refractivity contribution in [1.29, 1.82) is 0 Å². The first-order chi connectivity index (χ1) is 16.1. The third-order valence-electron chi connectivity index (χ3n) is 6.51. The molecular formula is C27H29N3O3. The molecule has 1 N–H and O–H groups in total. The molecule has 1 aliphatic heterocycles. The van der Waals surface area contributed by atoms with Gasteiger partial charge >= 0.3 is 0 Å². The Morgan fingerprint density at radius 2 is 1.76 bits per heavy atom. The summed E-state index contributed by atoms with van der Waals surface area (Å²) in [6.07, 6.45) is 3.78. The number of nitrogens with one attached hydrogen (secondary N) is 1. The number of ether oxygens (including phenoxy) is 1. The van der Waals surface area contributed by atoms with Gasteiger partial charge in [0.15, 0.2) is 0 Å². The Kier molecular flexibility index (Phi) is 5.99. The Morgan fingerprint density at radius 1 is 1.03 bits per heavy atom. The fraction of sp³-hybridized carbons (Fsp3) is 0.370. The second kappa shape index (κ2) is 9.22. The molecule has 0 bridgehead atoms. The molecule has 1 saturated carbocycles. The van der Waals surface area contributed by atoms with Crippen LogP contribution in [-0.2, 0) is 0 Å². The van der Waals surface area contributed by atoms with Gasteiger partial charge in [0.2, 0.25) is 0 Å². The summed E-state index contributed by atoms with van der Waals surface area (Å²) in [6.45, 7) is 3.79. The van der Waals surface area contributed by atoms with Crippen molar-refractivity contribution in [3.63, 3.8) is 0 Å². The van der Waals surface area contributed by atoms with Gasteiger partial charge in [0, 0.05) is 41.7 Å². The zero-order chi connectivity index (χ0) is 22.8. The van der Waals surface area contributed by atoms with Crippen LogP contribution in [0.5, 0.6) is 5.75 Å². The average Bonchev–Trinajstić information content (AvgIpc) is 3.70. The van der Waals surface area contributed by atoms with E-state index in [1.54, 1.807) is 0 Å². The molecule has 3 aromatic rings. The summed E-state index contributed by atoms with van der Waals surface area (Å²) in [5, 5.41) is 4.10. The van der Waals surface area contributed by atoms with Crippen LogP contribution in [0.15, 0.2) is 54.6 Å². The standard InChI is InChI=1S/C27H29N3O3/c1-2-33-21-11-9-19(10-12-21)27(32)30-15-13-20(14-16-30)28-26(31)23-17-25(18-7-8-18)29-24-6-4-3-5-22(23)24/h3-6,9-12,17-18,20H,2,7-8,13-16H2,1H3,(H,28,31). The van der Waals surface area contributed by atoms with E-state index < -0.39 is 0 Å². The topological polar surface area (TPSA) is 71.5 Å². The van der Waals surface area contributed by atoms with Crippen molar-refractivity contribution < 1.29 is 14.3 Å². The number of carbonyl (C=O) groups is 2. The van der Waals surface area contributed by atoms with Gasteiger partial charge in [-0.3, -0.25) is 14.6 Å². The van der Waals surface area contributed by atoms with Crippen molar-refractivity contribution in [3.05, 3.63) is 71.4 Å². The Morgan fingerprint density at radius 3 is 2.45 bits per heavy atom. The van der Waals surface area contributed by atoms with Crippen molar-refractivity contribution >= 4 is 22.7 Å². The Bertz CT molecular complexity index is 1160. The second-order valence-corrected chi connectivity index (χ2v) is 8.88. The fourth-order valence-electron chi connectivity index (χ4n) is 4.51. The summed E-state index contributed by atoms with van der Waals surface area (Å²) in [5.41, 5.74) is 3.27. The lowest BCUT2D eigenvalue weighted by Crippen LogP contribution is -2.46. The van der Waals surface area contributed by atoms with Crippen LogP contribution in [0.2, 0.25) is 0 Å². The molecule has 0 unspecified atom stereocenters. The Hall–Kier alpha value is -3.41. The molecule has 0 atom stereocenters. The van der Waals surface area contributed by atoms with Gasteiger partial charge in [-0.2, -0.15) is 0 Å². The zero-order valence-corrected chi connectivity index (χ0v) is 18.9. The summed E-state index contributed by atoms with van der Waals surface area (Å²) in [4.78, 5) is 32.7. The molecule has 170 valence electrons. The van der Waals surface area contributed by atoms with Gasteiger partial charge in [-0.05, 0) is 69.0 Å². The van der Waals surface area contributed by atoms with Gasteiger partial charge in [-0.15, -0.1) is 0 Å². The van der Waals surface area contributed by atoms with Crippen LogP contribution in [0.25, 0.3) is 10.9 Å². The first kappa shape index (κ1) is 21.4. The molecule has 2 aliphatic rings. The predicted octanol–water partition coefficient (Wildman–Crippen LogP) is 4.55. The monoisotopic (exact) mass is 443 g/mol. The molecule has 33 heavy (non-hydrogen) atoms. The number of hydrogen-bond acceptors (Lipinski definition) is 4. The van der Waals surface area contributed by atoms with E-state index in [4.69, 9.17) is 9.72 Å². The predicted molar refractivity (Wildman–Crippen MR) is 128 cm³/mol. The number of rotatable bonds is 6. The number of carbonyl (C=O) groups excluding carboxylic acids is 2. The van der Waals surface area contributed by atoms with Gasteiger partial charge in [0.05, 0.1) is 17.7 Å². The minimum Gasteiger partial charge on any atom is -0.494 e. The van der Waals surface area contributed by atoms with Crippen molar-refractivity contribution in [1.82, 2.24) is 15.2 Å². The number of likely N-dealkylation sites (tertiary alicyclic amines) is 1. The Labute approximate surface area is 194 Å². The highest BCUT2D eigenvalue weighted by Crippen LogP contribution is 2.40. The van der Waals surface area contributed by atoms with Crippen LogP contribution in [0.4, 0.5) is 0 Å². The maximum atomic E-state index is 13.2. The molecule has 5 rings (SSSR count). The van der Waals surface area contributed by atoms with Crippen LogP contribution < -0.4 is 10.1 Å². The van der Waals surface area contributed by atoms with Gasteiger partial charge in [-0.25, -0.2) is 0 Å². The van der Waals surface area contributed by atoms with E-state index in [1.807, 2.05) is 66.4 Å². The number of piperidine rings is 1. The number of fused-ring (bicyclic) bond motifs is 1. The van der Waals surface area contributed by atoms with Crippen molar-refractivity contribution in [3.8, 4) is 5.75 Å². The third kappa shape index (κ3) is 4.70. The van der Waals surface area contributed by atoms with Gasteiger partial charge in [-0.1, -0.05) is 18.2 Å². The number of benzene rings is 2. The van der Waals surface area contributed by atoms with Crippen molar-refractivity contribution in [2.24, 2.45) is 0 Å². The molecule has 1 saturated heterocycles. The molecular weight excluding hydrogens is 414 g/mol. The highest BCUT2D eigenvalue weighted by atomic mass is 16.5. The number of nitrogens with zero attached hydrogens (tertiary/aromatic N) is 2. The molecule has 6 heteroatoms. The maximum Gasteiger partial charge on any atom is 0.253 e. The molecule has 1 aliphatic carbocycles. The van der Waals surface area contributed by atoms with E-state index in [-0.39, 0.29) is 17.9 Å². The molecule has 6 nitrogen and oxygen atoms in total. The lowest BCUT2D eigenvalue weighted by atomic mass is 10.0. The summed E-state index contributed by atoms with van der Waals surface area (Å²) < 4.78 is 5.46. The van der Waals surface area contributed by atoms with E-state index in [0.29, 0.717) is 36.7 Å². The first-order valence-corrected chi connectivity index (χ1v) is 11.8. The van der Waals surface area contributed by atoms with Crippen LogP contribution in [0.1, 0.15) is 64.9 Å². The van der Waals surface area contributed by atoms with E-state index >= 15 is 0 Å². The number of pyridine rings is 1. The normalized spacial score (nSPS) is 16.6. The van der Waals surface area contributed by atoms with Crippen LogP contribution >= 0.6 is 0 Å². The lowest BCUT2D eigenvalue weighted by molar-refractivity contribution is 0.0698. The van der Waals surface area contributed by atoms with Gasteiger partial charge < -0.3 is 15.0 Å². The number of amides is 2. The van der Waals surface area contributed by atoms with E-state index in [9.17, 15) is 9.59 Å². The molecule has 0 spiro atoms. The van der Waals surface area contributed by atoms with Crippen molar-refractivity contribution in [2.45, 2.75) is 44.6 Å². The maximum absolute atomic E-state index is 13.2.